The van der Waals surface area contributed by atoms with Gasteiger partial charge < -0.3 is 4.74 Å². The van der Waals surface area contributed by atoms with E-state index in [9.17, 15) is 0 Å². The number of morpholine rings is 1. The van der Waals surface area contributed by atoms with Crippen molar-refractivity contribution < 1.29 is 4.74 Å². The summed E-state index contributed by atoms with van der Waals surface area (Å²) in [5.74, 6) is 0. The molecule has 0 amide bonds. The summed E-state index contributed by atoms with van der Waals surface area (Å²) < 4.78 is 5.66. The van der Waals surface area contributed by atoms with Gasteiger partial charge in [-0.15, -0.1) is 0 Å². The van der Waals surface area contributed by atoms with E-state index >= 15 is 0 Å². The van der Waals surface area contributed by atoms with Gasteiger partial charge in [-0.05, 0) is 19.9 Å². The summed E-state index contributed by atoms with van der Waals surface area (Å²) in [5, 5.41) is 0. The molecule has 0 aromatic heterocycles. The van der Waals surface area contributed by atoms with Crippen LogP contribution in [0.5, 0.6) is 0 Å². The van der Waals surface area contributed by atoms with Crippen LogP contribution in [0.3, 0.4) is 0 Å². The molecule has 0 radical (unpaired) electrons. The Morgan fingerprint density at radius 1 is 1.36 bits per heavy atom. The van der Waals surface area contributed by atoms with Crippen molar-refractivity contribution in [3.8, 4) is 0 Å². The zero-order valence-corrected chi connectivity index (χ0v) is 7.84. The molecule has 1 unspecified atom stereocenters. The van der Waals surface area contributed by atoms with E-state index in [1.165, 1.54) is 6.42 Å². The fourth-order valence-electron chi connectivity index (χ4n) is 1.57. The molecular formula is C9H19NO. The van der Waals surface area contributed by atoms with Crippen molar-refractivity contribution in [1.82, 2.24) is 4.90 Å². The van der Waals surface area contributed by atoms with Gasteiger partial charge in [-0.3, -0.25) is 4.90 Å². The van der Waals surface area contributed by atoms with Crippen LogP contribution in [0, 0.1) is 0 Å². The predicted octanol–water partition coefficient (Wildman–Crippen LogP) is 1.51. The second-order valence-corrected chi connectivity index (χ2v) is 3.37. The number of likely N-dealkylation sites (N-methyl/N-ethyl adjacent to an activating group) is 1. The maximum atomic E-state index is 5.66. The molecule has 1 fully saturated rings. The van der Waals surface area contributed by atoms with E-state index in [1.807, 2.05) is 0 Å². The van der Waals surface area contributed by atoms with E-state index < -0.39 is 0 Å². The van der Waals surface area contributed by atoms with Crippen molar-refractivity contribution in [2.24, 2.45) is 0 Å². The van der Waals surface area contributed by atoms with Crippen LogP contribution in [-0.2, 0) is 4.74 Å². The first-order valence-electron chi connectivity index (χ1n) is 4.59. The van der Waals surface area contributed by atoms with Crippen molar-refractivity contribution in [2.45, 2.75) is 38.8 Å². The van der Waals surface area contributed by atoms with E-state index in [1.54, 1.807) is 0 Å². The summed E-state index contributed by atoms with van der Waals surface area (Å²) in [6.07, 6.45) is 2.82. The second-order valence-electron chi connectivity index (χ2n) is 3.37. The lowest BCUT2D eigenvalue weighted by Gasteiger charge is -2.36. The highest BCUT2D eigenvalue weighted by atomic mass is 16.5. The number of nitrogens with zero attached hydrogens (tertiary/aromatic N) is 1. The lowest BCUT2D eigenvalue weighted by molar-refractivity contribution is -0.0552. The minimum Gasteiger partial charge on any atom is -0.375 e. The Morgan fingerprint density at radius 2 is 2.09 bits per heavy atom. The first kappa shape index (κ1) is 9.01. The van der Waals surface area contributed by atoms with Crippen LogP contribution in [0.25, 0.3) is 0 Å². The fraction of sp³-hybridized carbons (Fsp3) is 1.00. The molecule has 0 aliphatic carbocycles. The molecule has 0 bridgehead atoms. The molecule has 1 saturated heterocycles. The molecule has 0 aromatic rings. The molecule has 0 aromatic carbocycles. The Bertz CT molecular complexity index is 116. The monoisotopic (exact) mass is 157 g/mol. The van der Waals surface area contributed by atoms with Crippen LogP contribution < -0.4 is 0 Å². The lowest BCUT2D eigenvalue weighted by atomic mass is 10.1. The minimum atomic E-state index is 0.475. The molecule has 1 heterocycles. The summed E-state index contributed by atoms with van der Waals surface area (Å²) >= 11 is 0. The summed E-state index contributed by atoms with van der Waals surface area (Å²) in [7, 11) is 2.19. The molecule has 2 heteroatoms. The highest BCUT2D eigenvalue weighted by Crippen LogP contribution is 2.13. The average Bonchev–Trinajstić information content (AvgIpc) is 2.04. The van der Waals surface area contributed by atoms with E-state index in [4.69, 9.17) is 4.74 Å². The predicted molar refractivity (Wildman–Crippen MR) is 46.7 cm³/mol. The molecule has 11 heavy (non-hydrogen) atoms. The molecule has 0 saturated carbocycles. The number of hydrogen-bond acceptors (Lipinski definition) is 2. The summed E-state index contributed by atoms with van der Waals surface area (Å²) in [6.45, 7) is 6.43. The van der Waals surface area contributed by atoms with Gasteiger partial charge in [0, 0.05) is 12.6 Å². The molecule has 2 atom stereocenters. The third kappa shape index (κ3) is 2.17. The third-order valence-electron chi connectivity index (χ3n) is 2.57. The largest absolute Gasteiger partial charge is 0.375 e. The standard InChI is InChI=1S/C9H19NO/c1-4-8-7-11-9(5-2)6-10(8)3/h8-9H,4-7H2,1-3H3/t8-,9?/m1/s1. The van der Waals surface area contributed by atoms with Crippen molar-refractivity contribution in [3.05, 3.63) is 0 Å². The van der Waals surface area contributed by atoms with Gasteiger partial charge in [0.1, 0.15) is 0 Å². The van der Waals surface area contributed by atoms with E-state index in [0.29, 0.717) is 12.1 Å². The Morgan fingerprint density at radius 3 is 2.55 bits per heavy atom. The van der Waals surface area contributed by atoms with E-state index in [-0.39, 0.29) is 0 Å². The van der Waals surface area contributed by atoms with Crippen LogP contribution in [-0.4, -0.2) is 37.2 Å². The fourth-order valence-corrected chi connectivity index (χ4v) is 1.57. The Hall–Kier alpha value is -0.0800. The minimum absolute atomic E-state index is 0.475. The number of ether oxygens (including phenoxy) is 1. The second kappa shape index (κ2) is 4.07. The van der Waals surface area contributed by atoms with E-state index in [0.717, 1.165) is 19.6 Å². The van der Waals surface area contributed by atoms with Crippen LogP contribution in [0.2, 0.25) is 0 Å². The van der Waals surface area contributed by atoms with Gasteiger partial charge in [0.05, 0.1) is 12.7 Å². The molecule has 1 rings (SSSR count). The quantitative estimate of drug-likeness (QED) is 0.602. The molecule has 66 valence electrons. The van der Waals surface area contributed by atoms with Crippen molar-refractivity contribution in [3.63, 3.8) is 0 Å². The SMILES string of the molecule is CCC1CN(C)[C@H](CC)CO1. The van der Waals surface area contributed by atoms with Crippen molar-refractivity contribution in [2.75, 3.05) is 20.2 Å². The van der Waals surface area contributed by atoms with Gasteiger partial charge in [-0.2, -0.15) is 0 Å². The van der Waals surface area contributed by atoms with Crippen LogP contribution in [0.1, 0.15) is 26.7 Å². The van der Waals surface area contributed by atoms with Crippen molar-refractivity contribution in [1.29, 1.82) is 0 Å². The third-order valence-corrected chi connectivity index (χ3v) is 2.57. The molecule has 1 aliphatic heterocycles. The van der Waals surface area contributed by atoms with E-state index in [2.05, 4.69) is 25.8 Å². The maximum absolute atomic E-state index is 5.66. The molecule has 0 N–H and O–H groups in total. The van der Waals surface area contributed by atoms with Crippen LogP contribution in [0.4, 0.5) is 0 Å². The number of hydrogen-bond donors (Lipinski definition) is 0. The summed E-state index contributed by atoms with van der Waals surface area (Å²) in [4.78, 5) is 2.41. The maximum Gasteiger partial charge on any atom is 0.0700 e. The van der Waals surface area contributed by atoms with Crippen molar-refractivity contribution >= 4 is 0 Å². The first-order valence-corrected chi connectivity index (χ1v) is 4.59. The van der Waals surface area contributed by atoms with Gasteiger partial charge >= 0.3 is 0 Å². The van der Waals surface area contributed by atoms with Crippen LogP contribution in [0.15, 0.2) is 0 Å². The molecular weight excluding hydrogens is 138 g/mol. The topological polar surface area (TPSA) is 12.5 Å². The summed E-state index contributed by atoms with van der Waals surface area (Å²) in [5.41, 5.74) is 0. The normalized spacial score (nSPS) is 34.1. The lowest BCUT2D eigenvalue weighted by Crippen LogP contribution is -2.46. The van der Waals surface area contributed by atoms with Gasteiger partial charge in [0.2, 0.25) is 0 Å². The van der Waals surface area contributed by atoms with Gasteiger partial charge in [-0.25, -0.2) is 0 Å². The highest BCUT2D eigenvalue weighted by molar-refractivity contribution is 4.75. The molecule has 1 aliphatic rings. The number of rotatable bonds is 2. The molecule has 0 spiro atoms. The zero-order valence-electron chi connectivity index (χ0n) is 7.84. The Balaban J connectivity index is 2.34. The Kier molecular flexibility index (Phi) is 3.34. The smallest absolute Gasteiger partial charge is 0.0700 e. The average molecular weight is 157 g/mol. The first-order chi connectivity index (χ1) is 5.27. The molecule has 2 nitrogen and oxygen atoms in total. The van der Waals surface area contributed by atoms with Gasteiger partial charge in [0.15, 0.2) is 0 Å². The Labute approximate surface area is 69.5 Å². The summed E-state index contributed by atoms with van der Waals surface area (Å²) in [6, 6.07) is 0.651. The highest BCUT2D eigenvalue weighted by Gasteiger charge is 2.23. The van der Waals surface area contributed by atoms with Crippen LogP contribution >= 0.6 is 0 Å². The van der Waals surface area contributed by atoms with Gasteiger partial charge in [0.25, 0.3) is 0 Å². The van der Waals surface area contributed by atoms with Gasteiger partial charge in [-0.1, -0.05) is 13.8 Å². The zero-order chi connectivity index (χ0) is 8.27.